The van der Waals surface area contributed by atoms with Gasteiger partial charge in [-0.1, -0.05) is 0 Å². The maximum absolute atomic E-state index is 11.7. The van der Waals surface area contributed by atoms with Crippen molar-refractivity contribution < 1.29 is 9.59 Å². The molecule has 6 heteroatoms. The highest BCUT2D eigenvalue weighted by atomic mass is 32.1. The Kier molecular flexibility index (Phi) is 1.45. The molecule has 2 aromatic rings. The molecule has 0 aromatic carbocycles. The van der Waals surface area contributed by atoms with Crippen LogP contribution in [0.3, 0.4) is 0 Å². The third-order valence-electron chi connectivity index (χ3n) is 2.03. The number of hydrogen-bond donors (Lipinski definition) is 0. The van der Waals surface area contributed by atoms with Crippen LogP contribution in [0.1, 0.15) is 31.4 Å². The Hall–Kier alpha value is -1.40. The summed E-state index contributed by atoms with van der Waals surface area (Å²) >= 11 is 2.17. The zero-order valence-corrected chi connectivity index (χ0v) is 8.32. The lowest BCUT2D eigenvalue weighted by Crippen LogP contribution is -2.18. The van der Waals surface area contributed by atoms with Crippen LogP contribution >= 0.6 is 23.1 Å². The number of rotatable bonds is 0. The van der Waals surface area contributed by atoms with E-state index in [1.807, 2.05) is 0 Å². The predicted molar refractivity (Wildman–Crippen MR) is 51.1 cm³/mol. The van der Waals surface area contributed by atoms with Crippen molar-refractivity contribution in [3.63, 3.8) is 0 Å². The summed E-state index contributed by atoms with van der Waals surface area (Å²) in [7, 11) is 0. The van der Waals surface area contributed by atoms with Gasteiger partial charge in [-0.25, -0.2) is 0 Å². The number of carbonyl (C=O) groups is 2. The zero-order chi connectivity index (χ0) is 9.71. The third-order valence-corrected chi connectivity index (χ3v) is 3.48. The van der Waals surface area contributed by atoms with Crippen LogP contribution in [0.5, 0.6) is 0 Å². The molecule has 2 aromatic heterocycles. The number of fused-ring (bicyclic) bond motifs is 2. The summed E-state index contributed by atoms with van der Waals surface area (Å²) in [4.78, 5) is 24.0. The molecule has 14 heavy (non-hydrogen) atoms. The van der Waals surface area contributed by atoms with Crippen LogP contribution in [0.25, 0.3) is 0 Å². The molecule has 0 atom stereocenters. The fraction of sp³-hybridized carbons (Fsp3) is 0. The molecule has 4 nitrogen and oxygen atoms in total. The average molecular weight is 222 g/mol. The van der Waals surface area contributed by atoms with Gasteiger partial charge < -0.3 is 0 Å². The summed E-state index contributed by atoms with van der Waals surface area (Å²) in [5, 5.41) is 1.73. The number of carbonyl (C=O) groups excluding carboxylic acids is 2. The molecule has 0 fully saturated rings. The van der Waals surface area contributed by atoms with Gasteiger partial charge in [-0.3, -0.25) is 9.59 Å². The van der Waals surface area contributed by atoms with E-state index in [1.165, 1.54) is 11.3 Å². The quantitative estimate of drug-likeness (QED) is 0.576. The van der Waals surface area contributed by atoms with Gasteiger partial charge in [0.2, 0.25) is 11.6 Å². The Bertz CT molecular complexity index is 464. The predicted octanol–water partition coefficient (Wildman–Crippen LogP) is 1.38. The molecule has 2 heterocycles. The van der Waals surface area contributed by atoms with Gasteiger partial charge >= 0.3 is 0 Å². The molecule has 1 aliphatic rings. The van der Waals surface area contributed by atoms with E-state index in [9.17, 15) is 9.59 Å². The van der Waals surface area contributed by atoms with Crippen molar-refractivity contribution >= 4 is 34.6 Å². The summed E-state index contributed by atoms with van der Waals surface area (Å²) in [6.07, 6.45) is 0. The van der Waals surface area contributed by atoms with E-state index in [0.717, 1.165) is 11.7 Å². The normalized spacial score (nSPS) is 14.0. The smallest absolute Gasteiger partial charge is 0.225 e. The molecule has 68 valence electrons. The first-order valence-corrected chi connectivity index (χ1v) is 5.39. The van der Waals surface area contributed by atoms with Crippen LogP contribution < -0.4 is 0 Å². The minimum absolute atomic E-state index is 0.182. The summed E-state index contributed by atoms with van der Waals surface area (Å²) in [6, 6.07) is 1.66. The van der Waals surface area contributed by atoms with Gasteiger partial charge in [0.1, 0.15) is 0 Å². The average Bonchev–Trinajstić information content (AvgIpc) is 2.82. The lowest BCUT2D eigenvalue weighted by Gasteiger charge is -2.05. The SMILES string of the molecule is O=C1c2ccsc2C(=O)c2nsnc21. The molecule has 0 aliphatic heterocycles. The monoisotopic (exact) mass is 222 g/mol. The van der Waals surface area contributed by atoms with E-state index in [2.05, 4.69) is 8.75 Å². The lowest BCUT2D eigenvalue weighted by atomic mass is 9.98. The molecule has 0 saturated heterocycles. The van der Waals surface area contributed by atoms with Crippen LogP contribution in [0.15, 0.2) is 11.4 Å². The number of aromatic nitrogens is 2. The lowest BCUT2D eigenvalue weighted by molar-refractivity contribution is 0.0977. The molecule has 0 amide bonds. The first-order valence-electron chi connectivity index (χ1n) is 3.78. The molecule has 0 saturated carbocycles. The van der Waals surface area contributed by atoms with Crippen molar-refractivity contribution in [1.29, 1.82) is 0 Å². The van der Waals surface area contributed by atoms with Gasteiger partial charge in [0.15, 0.2) is 11.4 Å². The maximum atomic E-state index is 11.7. The Labute approximate surface area is 86.5 Å². The highest BCUT2D eigenvalue weighted by Gasteiger charge is 2.34. The zero-order valence-electron chi connectivity index (χ0n) is 6.68. The second kappa shape index (κ2) is 2.55. The minimum atomic E-state index is -0.190. The largest absolute Gasteiger partial charge is 0.287 e. The second-order valence-electron chi connectivity index (χ2n) is 2.78. The number of nitrogens with zero attached hydrogens (tertiary/aromatic N) is 2. The highest BCUT2D eigenvalue weighted by molar-refractivity contribution is 7.13. The van der Waals surface area contributed by atoms with E-state index in [1.54, 1.807) is 11.4 Å². The van der Waals surface area contributed by atoms with E-state index in [-0.39, 0.29) is 23.0 Å². The van der Waals surface area contributed by atoms with Crippen molar-refractivity contribution in [2.75, 3.05) is 0 Å². The molecular weight excluding hydrogens is 220 g/mol. The first kappa shape index (κ1) is 7.95. The van der Waals surface area contributed by atoms with Gasteiger partial charge in [-0.15, -0.1) is 11.3 Å². The van der Waals surface area contributed by atoms with E-state index >= 15 is 0 Å². The first-order chi connectivity index (χ1) is 6.79. The summed E-state index contributed by atoms with van der Waals surface area (Å²) in [6.45, 7) is 0. The number of ketones is 2. The summed E-state index contributed by atoms with van der Waals surface area (Å²) < 4.78 is 7.66. The van der Waals surface area contributed by atoms with Crippen molar-refractivity contribution in [2.24, 2.45) is 0 Å². The second-order valence-corrected chi connectivity index (χ2v) is 4.23. The fourth-order valence-electron chi connectivity index (χ4n) is 1.39. The van der Waals surface area contributed by atoms with Crippen molar-refractivity contribution in [3.05, 3.63) is 33.3 Å². The van der Waals surface area contributed by atoms with Crippen molar-refractivity contribution in [2.45, 2.75) is 0 Å². The molecular formula is C8H2N2O2S2. The molecule has 0 unspecified atom stereocenters. The number of thiophene rings is 1. The minimum Gasteiger partial charge on any atom is -0.287 e. The van der Waals surface area contributed by atoms with Crippen LogP contribution in [-0.4, -0.2) is 20.3 Å². The van der Waals surface area contributed by atoms with Gasteiger partial charge in [0.05, 0.1) is 16.6 Å². The van der Waals surface area contributed by atoms with Gasteiger partial charge in [-0.05, 0) is 11.4 Å². The Morgan fingerprint density at radius 2 is 1.79 bits per heavy atom. The molecule has 1 aliphatic carbocycles. The Balaban J connectivity index is 2.37. The van der Waals surface area contributed by atoms with Crippen LogP contribution in [0.2, 0.25) is 0 Å². The highest BCUT2D eigenvalue weighted by Crippen LogP contribution is 2.29. The standard InChI is InChI=1S/C8H2N2O2S2/c11-6-3-1-2-13-8(3)7(12)5-4(6)9-14-10-5/h1-2H. The fourth-order valence-corrected chi connectivity index (χ4v) is 2.76. The Morgan fingerprint density at radius 1 is 1.07 bits per heavy atom. The van der Waals surface area contributed by atoms with Crippen LogP contribution in [0.4, 0.5) is 0 Å². The third kappa shape index (κ3) is 0.816. The molecule has 0 bridgehead atoms. The summed E-state index contributed by atoms with van der Waals surface area (Å²) in [5.74, 6) is -0.372. The van der Waals surface area contributed by atoms with Crippen LogP contribution in [0, 0.1) is 0 Å². The molecule has 0 radical (unpaired) electrons. The van der Waals surface area contributed by atoms with E-state index < -0.39 is 0 Å². The maximum Gasteiger partial charge on any atom is 0.225 e. The van der Waals surface area contributed by atoms with Crippen molar-refractivity contribution in [1.82, 2.24) is 8.75 Å². The molecule has 0 spiro atoms. The van der Waals surface area contributed by atoms with E-state index in [0.29, 0.717) is 10.4 Å². The molecule has 0 N–H and O–H groups in total. The summed E-state index contributed by atoms with van der Waals surface area (Å²) in [5.41, 5.74) is 0.862. The Morgan fingerprint density at radius 3 is 2.57 bits per heavy atom. The van der Waals surface area contributed by atoms with Gasteiger partial charge in [0.25, 0.3) is 0 Å². The molecule has 3 rings (SSSR count). The van der Waals surface area contributed by atoms with Crippen LogP contribution in [-0.2, 0) is 0 Å². The van der Waals surface area contributed by atoms with Gasteiger partial charge in [0, 0.05) is 5.56 Å². The van der Waals surface area contributed by atoms with E-state index in [4.69, 9.17) is 0 Å². The van der Waals surface area contributed by atoms with Gasteiger partial charge in [-0.2, -0.15) is 8.75 Å². The number of hydrogen-bond acceptors (Lipinski definition) is 6. The van der Waals surface area contributed by atoms with Crippen molar-refractivity contribution in [3.8, 4) is 0 Å². The topological polar surface area (TPSA) is 59.9 Å².